The summed E-state index contributed by atoms with van der Waals surface area (Å²) in [5.74, 6) is 0.747. The minimum absolute atomic E-state index is 0.0399. The summed E-state index contributed by atoms with van der Waals surface area (Å²) in [6.45, 7) is 5.54. The molecule has 1 aromatic heterocycles. The summed E-state index contributed by atoms with van der Waals surface area (Å²) in [4.78, 5) is 20.9. The third kappa shape index (κ3) is 5.10. The van der Waals surface area contributed by atoms with E-state index >= 15 is 0 Å². The standard InChI is InChI=1S/C12H22N4O/c1-9(2)13-7-10-8-14-11(15-12(10)17)5-6-16(3)4/h8-9,13H,5-7H2,1-4H3,(H,14,15,17). The fraction of sp³-hybridized carbons (Fsp3) is 0.667. The van der Waals surface area contributed by atoms with Gasteiger partial charge in [-0.1, -0.05) is 13.8 Å². The van der Waals surface area contributed by atoms with E-state index < -0.39 is 0 Å². The van der Waals surface area contributed by atoms with Crippen LogP contribution in [0.25, 0.3) is 0 Å². The lowest BCUT2D eigenvalue weighted by Gasteiger charge is -2.09. The van der Waals surface area contributed by atoms with Crippen molar-refractivity contribution in [3.05, 3.63) is 27.9 Å². The van der Waals surface area contributed by atoms with Crippen molar-refractivity contribution < 1.29 is 0 Å². The van der Waals surface area contributed by atoms with E-state index in [4.69, 9.17) is 0 Å². The van der Waals surface area contributed by atoms with Crippen molar-refractivity contribution >= 4 is 0 Å². The average molecular weight is 238 g/mol. The maximum absolute atomic E-state index is 11.7. The average Bonchev–Trinajstić information content (AvgIpc) is 2.24. The molecule has 1 heterocycles. The Hall–Kier alpha value is -1.20. The van der Waals surface area contributed by atoms with Crippen LogP contribution in [0.4, 0.5) is 0 Å². The maximum atomic E-state index is 11.7. The van der Waals surface area contributed by atoms with E-state index in [0.29, 0.717) is 18.2 Å². The van der Waals surface area contributed by atoms with Crippen LogP contribution in [0.3, 0.4) is 0 Å². The minimum atomic E-state index is -0.0399. The van der Waals surface area contributed by atoms with Crippen molar-refractivity contribution in [3.8, 4) is 0 Å². The van der Waals surface area contributed by atoms with Gasteiger partial charge in [0.2, 0.25) is 0 Å². The molecule has 96 valence electrons. The largest absolute Gasteiger partial charge is 0.310 e. The monoisotopic (exact) mass is 238 g/mol. The highest BCUT2D eigenvalue weighted by Crippen LogP contribution is 1.93. The molecule has 0 atom stereocenters. The van der Waals surface area contributed by atoms with Crippen LogP contribution in [0.2, 0.25) is 0 Å². The molecule has 0 aliphatic rings. The molecule has 0 bridgehead atoms. The van der Waals surface area contributed by atoms with Crippen LogP contribution >= 0.6 is 0 Å². The van der Waals surface area contributed by atoms with Crippen molar-refractivity contribution in [2.75, 3.05) is 20.6 Å². The third-order valence-electron chi connectivity index (χ3n) is 2.42. The summed E-state index contributed by atoms with van der Waals surface area (Å²) >= 11 is 0. The van der Waals surface area contributed by atoms with Gasteiger partial charge in [-0.05, 0) is 14.1 Å². The molecule has 0 saturated heterocycles. The van der Waals surface area contributed by atoms with Crippen molar-refractivity contribution in [1.82, 2.24) is 20.2 Å². The highest BCUT2D eigenvalue weighted by molar-refractivity contribution is 5.06. The Kier molecular flexibility index (Phi) is 5.31. The molecule has 5 heteroatoms. The van der Waals surface area contributed by atoms with Gasteiger partial charge in [0.1, 0.15) is 5.82 Å². The summed E-state index contributed by atoms with van der Waals surface area (Å²) in [7, 11) is 4.00. The first-order chi connectivity index (χ1) is 7.99. The van der Waals surface area contributed by atoms with Crippen LogP contribution in [0.5, 0.6) is 0 Å². The summed E-state index contributed by atoms with van der Waals surface area (Å²) in [6.07, 6.45) is 2.43. The molecule has 5 nitrogen and oxygen atoms in total. The smallest absolute Gasteiger partial charge is 0.255 e. The normalized spacial score (nSPS) is 11.4. The molecule has 0 fully saturated rings. The SMILES string of the molecule is CC(C)NCc1cnc(CCN(C)C)[nH]c1=O. The highest BCUT2D eigenvalue weighted by Gasteiger charge is 2.03. The number of nitrogens with one attached hydrogen (secondary N) is 2. The topological polar surface area (TPSA) is 61.0 Å². The van der Waals surface area contributed by atoms with Crippen LogP contribution < -0.4 is 10.9 Å². The van der Waals surface area contributed by atoms with Crippen LogP contribution in [-0.2, 0) is 13.0 Å². The summed E-state index contributed by atoms with van der Waals surface area (Å²) < 4.78 is 0. The van der Waals surface area contributed by atoms with Gasteiger partial charge in [-0.25, -0.2) is 4.98 Å². The zero-order chi connectivity index (χ0) is 12.8. The summed E-state index contributed by atoms with van der Waals surface area (Å²) in [5.41, 5.74) is 0.647. The minimum Gasteiger partial charge on any atom is -0.310 e. The van der Waals surface area contributed by atoms with E-state index in [1.165, 1.54) is 0 Å². The Morgan fingerprint density at radius 1 is 1.47 bits per heavy atom. The first-order valence-electron chi connectivity index (χ1n) is 5.94. The number of hydrogen-bond donors (Lipinski definition) is 2. The number of rotatable bonds is 6. The van der Waals surface area contributed by atoms with Gasteiger partial charge in [-0.3, -0.25) is 4.79 Å². The molecule has 0 aliphatic carbocycles. The number of likely N-dealkylation sites (N-methyl/N-ethyl adjacent to an activating group) is 1. The molecule has 0 aromatic carbocycles. The molecular formula is C12H22N4O. The Morgan fingerprint density at radius 2 is 2.18 bits per heavy atom. The Balaban J connectivity index is 2.63. The molecule has 17 heavy (non-hydrogen) atoms. The number of aromatic nitrogens is 2. The fourth-order valence-electron chi connectivity index (χ4n) is 1.35. The van der Waals surface area contributed by atoms with Gasteiger partial charge in [0.05, 0.1) is 0 Å². The molecule has 0 unspecified atom stereocenters. The van der Waals surface area contributed by atoms with Gasteiger partial charge in [-0.15, -0.1) is 0 Å². The lowest BCUT2D eigenvalue weighted by Crippen LogP contribution is -2.27. The second kappa shape index (κ2) is 6.51. The molecule has 1 aromatic rings. The summed E-state index contributed by atoms with van der Waals surface area (Å²) in [6, 6.07) is 0.364. The number of H-pyrrole nitrogens is 1. The Labute approximate surface area is 102 Å². The molecule has 0 spiro atoms. The lowest BCUT2D eigenvalue weighted by atomic mass is 10.3. The van der Waals surface area contributed by atoms with Crippen molar-refractivity contribution in [3.63, 3.8) is 0 Å². The second-order valence-electron chi connectivity index (χ2n) is 4.77. The van der Waals surface area contributed by atoms with E-state index in [-0.39, 0.29) is 5.56 Å². The molecule has 1 rings (SSSR count). The van der Waals surface area contributed by atoms with Crippen molar-refractivity contribution in [1.29, 1.82) is 0 Å². The molecule has 0 amide bonds. The maximum Gasteiger partial charge on any atom is 0.255 e. The molecule has 0 radical (unpaired) electrons. The first kappa shape index (κ1) is 13.9. The van der Waals surface area contributed by atoms with Gasteiger partial charge in [0.15, 0.2) is 0 Å². The molecule has 0 saturated carbocycles. The Morgan fingerprint density at radius 3 is 2.71 bits per heavy atom. The Bertz CT molecular complexity index is 398. The van der Waals surface area contributed by atoms with Crippen LogP contribution in [0, 0.1) is 0 Å². The van der Waals surface area contributed by atoms with E-state index in [1.807, 2.05) is 27.9 Å². The van der Waals surface area contributed by atoms with E-state index in [9.17, 15) is 4.79 Å². The quantitative estimate of drug-likeness (QED) is 0.752. The predicted molar refractivity (Wildman–Crippen MR) is 69.1 cm³/mol. The van der Waals surface area contributed by atoms with E-state index in [1.54, 1.807) is 6.20 Å². The zero-order valence-electron chi connectivity index (χ0n) is 11.1. The lowest BCUT2D eigenvalue weighted by molar-refractivity contribution is 0.409. The third-order valence-corrected chi connectivity index (χ3v) is 2.42. The zero-order valence-corrected chi connectivity index (χ0v) is 11.1. The fourth-order valence-corrected chi connectivity index (χ4v) is 1.35. The number of nitrogens with zero attached hydrogens (tertiary/aromatic N) is 2. The highest BCUT2D eigenvalue weighted by atomic mass is 16.1. The molecule has 2 N–H and O–H groups in total. The van der Waals surface area contributed by atoms with Gasteiger partial charge in [0, 0.05) is 37.3 Å². The first-order valence-corrected chi connectivity index (χ1v) is 5.94. The van der Waals surface area contributed by atoms with Crippen LogP contribution in [0.15, 0.2) is 11.0 Å². The van der Waals surface area contributed by atoms with Crippen molar-refractivity contribution in [2.24, 2.45) is 0 Å². The molecule has 0 aliphatic heterocycles. The summed E-state index contributed by atoms with van der Waals surface area (Å²) in [5, 5.41) is 3.20. The van der Waals surface area contributed by atoms with E-state index in [2.05, 4.69) is 20.2 Å². The predicted octanol–water partition coefficient (Wildman–Crippen LogP) is 0.372. The number of hydrogen-bond acceptors (Lipinski definition) is 4. The van der Waals surface area contributed by atoms with Crippen molar-refractivity contribution in [2.45, 2.75) is 32.9 Å². The van der Waals surface area contributed by atoms with Crippen LogP contribution in [0.1, 0.15) is 25.2 Å². The van der Waals surface area contributed by atoms with Gasteiger partial charge >= 0.3 is 0 Å². The molecular weight excluding hydrogens is 216 g/mol. The van der Waals surface area contributed by atoms with Gasteiger partial charge in [0.25, 0.3) is 5.56 Å². The van der Waals surface area contributed by atoms with Gasteiger partial charge in [-0.2, -0.15) is 0 Å². The van der Waals surface area contributed by atoms with Crippen LogP contribution in [-0.4, -0.2) is 41.5 Å². The van der Waals surface area contributed by atoms with Gasteiger partial charge < -0.3 is 15.2 Å². The second-order valence-corrected chi connectivity index (χ2v) is 4.77. The number of aromatic amines is 1. The van der Waals surface area contributed by atoms with E-state index in [0.717, 1.165) is 18.8 Å².